The smallest absolute Gasteiger partial charge is 0.249 e. The molecule has 1 aromatic carbocycles. The molecule has 1 rings (SSSR count). The zero-order valence-corrected chi connectivity index (χ0v) is 10.9. The first-order chi connectivity index (χ1) is 7.47. The Morgan fingerprint density at radius 2 is 2.12 bits per heavy atom. The third-order valence-corrected chi connectivity index (χ3v) is 3.31. The normalized spacial score (nSPS) is 9.94. The van der Waals surface area contributed by atoms with Crippen LogP contribution in [0.25, 0.3) is 0 Å². The second-order valence-electron chi connectivity index (χ2n) is 3.15. The van der Waals surface area contributed by atoms with E-state index < -0.39 is 5.91 Å². The van der Waals surface area contributed by atoms with E-state index in [1.165, 1.54) is 0 Å². The Kier molecular flexibility index (Phi) is 4.32. The molecule has 6 heteroatoms. The average Bonchev–Trinajstić information content (AvgIpc) is 2.24. The van der Waals surface area contributed by atoms with Gasteiger partial charge < -0.3 is 11.1 Å². The molecule has 0 heterocycles. The molecule has 0 saturated heterocycles. The lowest BCUT2D eigenvalue weighted by Gasteiger charge is -2.10. The van der Waals surface area contributed by atoms with Crippen LogP contribution in [0, 0.1) is 6.92 Å². The van der Waals surface area contributed by atoms with Crippen LogP contribution in [0.3, 0.4) is 0 Å². The first-order valence-electron chi connectivity index (χ1n) is 4.42. The van der Waals surface area contributed by atoms with Gasteiger partial charge in [0.15, 0.2) is 0 Å². The van der Waals surface area contributed by atoms with Gasteiger partial charge in [0, 0.05) is 10.0 Å². The minimum atomic E-state index is -0.506. The van der Waals surface area contributed by atoms with Crippen LogP contribution in [0.2, 0.25) is 0 Å². The molecule has 0 saturated carbocycles. The second kappa shape index (κ2) is 5.32. The van der Waals surface area contributed by atoms with Crippen molar-refractivity contribution < 1.29 is 9.59 Å². The Hall–Kier alpha value is -1.07. The molecule has 4 nitrogen and oxygen atoms in total. The fraction of sp³-hybridized carbons (Fsp3) is 0.200. The van der Waals surface area contributed by atoms with E-state index in [-0.39, 0.29) is 11.8 Å². The predicted octanol–water partition coefficient (Wildman–Crippen LogP) is 2.03. The highest BCUT2D eigenvalue weighted by molar-refractivity contribution is 9.10. The standard InChI is InChI=1S/C10H10BrClN2O2/c1-5-6(10(13)16)2-3-7(9(5)11)14-8(15)4-12/h2-3H,4H2,1H3,(H2,13,16)(H,14,15). The van der Waals surface area contributed by atoms with Crippen molar-refractivity contribution in [1.29, 1.82) is 0 Å². The zero-order chi connectivity index (χ0) is 12.3. The lowest BCUT2D eigenvalue weighted by Crippen LogP contribution is -2.16. The first-order valence-corrected chi connectivity index (χ1v) is 5.74. The minimum absolute atomic E-state index is 0.122. The SMILES string of the molecule is Cc1c(C(N)=O)ccc(NC(=O)CCl)c1Br. The van der Waals surface area contributed by atoms with Crippen molar-refractivity contribution in [2.75, 3.05) is 11.2 Å². The van der Waals surface area contributed by atoms with Gasteiger partial charge in [0.2, 0.25) is 11.8 Å². The molecule has 0 aliphatic rings. The highest BCUT2D eigenvalue weighted by Crippen LogP contribution is 2.28. The maximum absolute atomic E-state index is 11.1. The summed E-state index contributed by atoms with van der Waals surface area (Å²) < 4.78 is 0.627. The van der Waals surface area contributed by atoms with Gasteiger partial charge in [-0.15, -0.1) is 11.6 Å². The van der Waals surface area contributed by atoms with Crippen molar-refractivity contribution in [3.8, 4) is 0 Å². The first kappa shape index (κ1) is 13.0. The molecule has 2 amide bonds. The highest BCUT2D eigenvalue weighted by atomic mass is 79.9. The number of hydrogen-bond donors (Lipinski definition) is 2. The van der Waals surface area contributed by atoms with Crippen LogP contribution in [0.5, 0.6) is 0 Å². The third-order valence-electron chi connectivity index (χ3n) is 2.05. The van der Waals surface area contributed by atoms with Crippen molar-refractivity contribution in [3.05, 3.63) is 27.7 Å². The molecule has 0 aliphatic carbocycles. The maximum atomic E-state index is 11.1. The molecule has 0 spiro atoms. The summed E-state index contributed by atoms with van der Waals surface area (Å²) in [6.45, 7) is 1.74. The molecule has 0 atom stereocenters. The summed E-state index contributed by atoms with van der Waals surface area (Å²) >= 11 is 8.67. The van der Waals surface area contributed by atoms with E-state index in [2.05, 4.69) is 21.2 Å². The van der Waals surface area contributed by atoms with Crippen molar-refractivity contribution >= 4 is 45.0 Å². The number of carbonyl (C=O) groups is 2. The molecular formula is C10H10BrClN2O2. The van der Waals surface area contributed by atoms with Crippen LogP contribution in [0.1, 0.15) is 15.9 Å². The largest absolute Gasteiger partial charge is 0.366 e. The Bertz CT molecular complexity index is 449. The van der Waals surface area contributed by atoms with Gasteiger partial charge in [-0.25, -0.2) is 0 Å². The summed E-state index contributed by atoms with van der Waals surface area (Å²) in [5, 5.41) is 2.60. The maximum Gasteiger partial charge on any atom is 0.249 e. The monoisotopic (exact) mass is 304 g/mol. The number of carbonyl (C=O) groups excluding carboxylic acids is 2. The average molecular weight is 306 g/mol. The fourth-order valence-electron chi connectivity index (χ4n) is 1.23. The highest BCUT2D eigenvalue weighted by Gasteiger charge is 2.12. The number of rotatable bonds is 3. The zero-order valence-electron chi connectivity index (χ0n) is 8.51. The van der Waals surface area contributed by atoms with Gasteiger partial charge in [-0.3, -0.25) is 9.59 Å². The molecule has 0 bridgehead atoms. The van der Waals surface area contributed by atoms with Crippen LogP contribution in [-0.4, -0.2) is 17.7 Å². The molecule has 1 aromatic rings. The number of halogens is 2. The van der Waals surface area contributed by atoms with Gasteiger partial charge >= 0.3 is 0 Å². The second-order valence-corrected chi connectivity index (χ2v) is 4.21. The van der Waals surface area contributed by atoms with Crippen LogP contribution >= 0.6 is 27.5 Å². The number of nitrogens with two attached hydrogens (primary N) is 1. The summed E-state index contributed by atoms with van der Waals surface area (Å²) in [6.07, 6.45) is 0. The molecule has 0 aliphatic heterocycles. The number of alkyl halides is 1. The minimum Gasteiger partial charge on any atom is -0.366 e. The summed E-state index contributed by atoms with van der Waals surface area (Å²) in [7, 11) is 0. The van der Waals surface area contributed by atoms with E-state index in [4.69, 9.17) is 17.3 Å². The molecule has 3 N–H and O–H groups in total. The van der Waals surface area contributed by atoms with Gasteiger partial charge in [0.25, 0.3) is 0 Å². The number of hydrogen-bond acceptors (Lipinski definition) is 2. The summed E-state index contributed by atoms with van der Waals surface area (Å²) in [5.41, 5.74) is 6.85. The van der Waals surface area contributed by atoms with Gasteiger partial charge in [-0.05, 0) is 40.5 Å². The molecule has 0 aromatic heterocycles. The molecule has 0 radical (unpaired) electrons. The van der Waals surface area contributed by atoms with Gasteiger partial charge in [0.05, 0.1) is 5.69 Å². The van der Waals surface area contributed by atoms with Crippen LogP contribution < -0.4 is 11.1 Å². The van der Waals surface area contributed by atoms with Crippen LogP contribution in [0.4, 0.5) is 5.69 Å². The Morgan fingerprint density at radius 1 is 1.50 bits per heavy atom. The van der Waals surface area contributed by atoms with Crippen LogP contribution in [-0.2, 0) is 4.79 Å². The lowest BCUT2D eigenvalue weighted by molar-refractivity contribution is -0.113. The number of amides is 2. The number of benzene rings is 1. The summed E-state index contributed by atoms with van der Waals surface area (Å²) in [5.74, 6) is -0.940. The Balaban J connectivity index is 3.12. The topological polar surface area (TPSA) is 72.2 Å². The summed E-state index contributed by atoms with van der Waals surface area (Å²) in [6, 6.07) is 3.16. The Labute approximate surface area is 106 Å². The van der Waals surface area contributed by atoms with Crippen molar-refractivity contribution in [2.24, 2.45) is 5.73 Å². The fourth-order valence-corrected chi connectivity index (χ4v) is 1.74. The van der Waals surface area contributed by atoms with E-state index in [1.807, 2.05) is 0 Å². The van der Waals surface area contributed by atoms with E-state index in [0.717, 1.165) is 0 Å². The lowest BCUT2D eigenvalue weighted by atomic mass is 10.1. The van der Waals surface area contributed by atoms with Gasteiger partial charge in [-0.1, -0.05) is 0 Å². The van der Waals surface area contributed by atoms with Crippen LogP contribution in [0.15, 0.2) is 16.6 Å². The van der Waals surface area contributed by atoms with E-state index >= 15 is 0 Å². The quantitative estimate of drug-likeness (QED) is 0.839. The van der Waals surface area contributed by atoms with Crippen molar-refractivity contribution in [2.45, 2.75) is 6.92 Å². The molecule has 0 unspecified atom stereocenters. The molecule has 86 valence electrons. The number of primary amides is 1. The van der Waals surface area contributed by atoms with E-state index in [9.17, 15) is 9.59 Å². The van der Waals surface area contributed by atoms with Gasteiger partial charge in [-0.2, -0.15) is 0 Å². The molecule has 16 heavy (non-hydrogen) atoms. The third kappa shape index (κ3) is 2.74. The predicted molar refractivity (Wildman–Crippen MR) is 66.7 cm³/mol. The number of nitrogens with one attached hydrogen (secondary N) is 1. The number of anilines is 1. The van der Waals surface area contributed by atoms with E-state index in [1.54, 1.807) is 19.1 Å². The summed E-state index contributed by atoms with van der Waals surface area (Å²) in [4.78, 5) is 22.2. The van der Waals surface area contributed by atoms with Crippen molar-refractivity contribution in [3.63, 3.8) is 0 Å². The van der Waals surface area contributed by atoms with Crippen molar-refractivity contribution in [1.82, 2.24) is 0 Å². The Morgan fingerprint density at radius 3 is 2.62 bits per heavy atom. The molecule has 0 fully saturated rings. The van der Waals surface area contributed by atoms with Gasteiger partial charge in [0.1, 0.15) is 5.88 Å². The molecular weight excluding hydrogens is 295 g/mol. The van der Waals surface area contributed by atoms with E-state index in [0.29, 0.717) is 21.3 Å².